The number of carbonyl (C=O) groups excluding carboxylic acids is 2. The fourth-order valence-electron chi connectivity index (χ4n) is 4.34. The first-order valence-electron chi connectivity index (χ1n) is 13.9. The third-order valence-electron chi connectivity index (χ3n) is 6.64. The van der Waals surface area contributed by atoms with Crippen molar-refractivity contribution < 1.29 is 23.8 Å². The third-order valence-corrected chi connectivity index (χ3v) is 6.64. The van der Waals surface area contributed by atoms with Crippen LogP contribution in [0.15, 0.2) is 54.7 Å². The Labute approximate surface area is 244 Å². The van der Waals surface area contributed by atoms with E-state index < -0.39 is 0 Å². The van der Waals surface area contributed by atoms with Crippen molar-refractivity contribution in [3.05, 3.63) is 60.4 Å². The minimum absolute atomic E-state index is 0.116. The highest BCUT2D eigenvalue weighted by Crippen LogP contribution is 2.39. The summed E-state index contributed by atoms with van der Waals surface area (Å²) in [7, 11) is 1.59. The molecule has 5 rings (SSSR count). The van der Waals surface area contributed by atoms with E-state index in [1.807, 2.05) is 10.7 Å². The molecule has 3 N–H and O–H groups in total. The number of carbonyl (C=O) groups is 2. The molecule has 1 saturated carbocycles. The van der Waals surface area contributed by atoms with Gasteiger partial charge in [0.1, 0.15) is 29.7 Å². The van der Waals surface area contributed by atoms with Crippen LogP contribution in [0.4, 0.5) is 22.0 Å². The number of hydrogen-bond acceptors (Lipinski definition) is 7. The maximum Gasteiger partial charge on any atom is 0.324 e. The van der Waals surface area contributed by atoms with E-state index in [-0.39, 0.29) is 17.4 Å². The molecule has 11 nitrogen and oxygen atoms in total. The van der Waals surface area contributed by atoms with Crippen LogP contribution < -0.4 is 25.4 Å². The molecule has 2 heterocycles. The van der Waals surface area contributed by atoms with Crippen LogP contribution in [0.1, 0.15) is 52.3 Å². The van der Waals surface area contributed by atoms with Gasteiger partial charge in [-0.2, -0.15) is 5.10 Å². The first-order valence-corrected chi connectivity index (χ1v) is 13.9. The van der Waals surface area contributed by atoms with Gasteiger partial charge in [-0.1, -0.05) is 20.8 Å². The van der Waals surface area contributed by atoms with Gasteiger partial charge in [0.2, 0.25) is 5.91 Å². The molecule has 4 aromatic rings. The minimum atomic E-state index is -0.347. The van der Waals surface area contributed by atoms with Crippen LogP contribution in [0.25, 0.3) is 10.9 Å². The lowest BCUT2D eigenvalue weighted by molar-refractivity contribution is -0.114. The lowest BCUT2D eigenvalue weighted by Crippen LogP contribution is -2.21. The smallest absolute Gasteiger partial charge is 0.324 e. The molecule has 0 radical (unpaired) electrons. The van der Waals surface area contributed by atoms with Gasteiger partial charge in [-0.3, -0.25) is 15.1 Å². The second-order valence-electron chi connectivity index (χ2n) is 11.2. The zero-order valence-corrected chi connectivity index (χ0v) is 24.5. The van der Waals surface area contributed by atoms with E-state index >= 15 is 0 Å². The summed E-state index contributed by atoms with van der Waals surface area (Å²) in [5.74, 6) is 2.07. The zero-order chi connectivity index (χ0) is 29.9. The number of fused-ring (bicyclic) bond motifs is 1. The van der Waals surface area contributed by atoms with Crippen molar-refractivity contribution >= 4 is 40.0 Å². The van der Waals surface area contributed by atoms with Gasteiger partial charge < -0.3 is 24.8 Å². The number of nitrogens with zero attached hydrogens (tertiary/aromatic N) is 3. The predicted molar refractivity (Wildman–Crippen MR) is 162 cm³/mol. The predicted octanol–water partition coefficient (Wildman–Crippen LogP) is 6.48. The number of amides is 3. The van der Waals surface area contributed by atoms with Crippen LogP contribution in [-0.4, -0.2) is 47.0 Å². The maximum absolute atomic E-state index is 12.8. The monoisotopic (exact) mass is 572 g/mol. The second kappa shape index (κ2) is 12.1. The number of benzene rings is 2. The largest absolute Gasteiger partial charge is 0.489 e. The quantitative estimate of drug-likeness (QED) is 0.185. The number of pyridine rings is 1. The standard InChI is InChI=1S/C31H36N6O5/c1-19(38)33-25-16-23-24(17-27(25)41-15-14-40-5)32-13-12-26(23)42-22-10-6-20(7-11-22)34-30(39)35-29-18-28(31(2,3)4)36-37(29)21-8-9-21/h6-7,10-13,16-18,21H,8-9,14-15H2,1-5H3,(H,33,38)(H2,34,35,39). The molecular weight excluding hydrogens is 536 g/mol. The first kappa shape index (κ1) is 28.9. The number of nitrogens with one attached hydrogen (secondary N) is 3. The Kier molecular flexibility index (Phi) is 8.30. The average Bonchev–Trinajstić information content (AvgIpc) is 3.69. The van der Waals surface area contributed by atoms with E-state index in [4.69, 9.17) is 19.3 Å². The molecule has 0 aliphatic heterocycles. The Bertz CT molecular complexity index is 1590. The average molecular weight is 573 g/mol. The topological polar surface area (TPSA) is 129 Å². The van der Waals surface area contributed by atoms with Gasteiger partial charge in [0.05, 0.1) is 29.5 Å². The van der Waals surface area contributed by atoms with Crippen LogP contribution in [0.3, 0.4) is 0 Å². The lowest BCUT2D eigenvalue weighted by atomic mass is 9.92. The first-order chi connectivity index (χ1) is 20.1. The van der Waals surface area contributed by atoms with Gasteiger partial charge in [-0.15, -0.1) is 0 Å². The summed E-state index contributed by atoms with van der Waals surface area (Å²) in [5.41, 5.74) is 2.58. The molecule has 0 bridgehead atoms. The van der Waals surface area contributed by atoms with Crippen molar-refractivity contribution in [2.75, 3.05) is 36.3 Å². The van der Waals surface area contributed by atoms with Crippen molar-refractivity contribution in [2.24, 2.45) is 0 Å². The fraction of sp³-hybridized carbons (Fsp3) is 0.355. The van der Waals surface area contributed by atoms with Crippen molar-refractivity contribution in [1.29, 1.82) is 0 Å². The third kappa shape index (κ3) is 6.98. The SMILES string of the molecule is COCCOc1cc2nccc(Oc3ccc(NC(=O)Nc4cc(C(C)(C)C)nn4C4CC4)cc3)c2cc1NC(C)=O. The molecule has 0 saturated heterocycles. The molecule has 0 atom stereocenters. The molecule has 2 aromatic heterocycles. The minimum Gasteiger partial charge on any atom is -0.489 e. The van der Waals surface area contributed by atoms with Crippen LogP contribution >= 0.6 is 0 Å². The molecule has 42 heavy (non-hydrogen) atoms. The van der Waals surface area contributed by atoms with E-state index in [0.717, 1.165) is 18.5 Å². The van der Waals surface area contributed by atoms with Crippen LogP contribution in [0, 0.1) is 0 Å². The van der Waals surface area contributed by atoms with E-state index in [1.54, 1.807) is 55.8 Å². The molecule has 1 fully saturated rings. The van der Waals surface area contributed by atoms with Crippen molar-refractivity contribution in [3.63, 3.8) is 0 Å². The number of hydrogen-bond donors (Lipinski definition) is 3. The number of ether oxygens (including phenoxy) is 3. The molecule has 3 amide bonds. The van der Waals surface area contributed by atoms with E-state index in [2.05, 4.69) is 41.7 Å². The number of aromatic nitrogens is 3. The number of urea groups is 1. The van der Waals surface area contributed by atoms with Gasteiger partial charge >= 0.3 is 6.03 Å². The summed E-state index contributed by atoms with van der Waals surface area (Å²) in [6.45, 7) is 8.48. The second-order valence-corrected chi connectivity index (χ2v) is 11.2. The Morgan fingerprint density at radius 3 is 2.40 bits per heavy atom. The molecular formula is C31H36N6O5. The Morgan fingerprint density at radius 2 is 1.74 bits per heavy atom. The Balaban J connectivity index is 1.29. The summed E-state index contributed by atoms with van der Waals surface area (Å²) < 4.78 is 19.0. The number of rotatable bonds is 10. The van der Waals surface area contributed by atoms with E-state index in [0.29, 0.717) is 64.6 Å². The van der Waals surface area contributed by atoms with Gasteiger partial charge in [0, 0.05) is 48.9 Å². The normalized spacial score (nSPS) is 13.1. The molecule has 1 aliphatic rings. The highest BCUT2D eigenvalue weighted by molar-refractivity contribution is 5.99. The number of anilines is 3. The summed E-state index contributed by atoms with van der Waals surface area (Å²) in [6, 6.07) is 14.3. The molecule has 0 spiro atoms. The summed E-state index contributed by atoms with van der Waals surface area (Å²) >= 11 is 0. The molecule has 11 heteroatoms. The molecule has 1 aliphatic carbocycles. The summed E-state index contributed by atoms with van der Waals surface area (Å²) in [6.07, 6.45) is 3.77. The van der Waals surface area contributed by atoms with E-state index in [9.17, 15) is 9.59 Å². The maximum atomic E-state index is 12.8. The molecule has 2 aromatic carbocycles. The lowest BCUT2D eigenvalue weighted by Gasteiger charge is -2.15. The van der Waals surface area contributed by atoms with Crippen molar-refractivity contribution in [1.82, 2.24) is 14.8 Å². The molecule has 0 unspecified atom stereocenters. The van der Waals surface area contributed by atoms with Gasteiger partial charge in [0.25, 0.3) is 0 Å². The van der Waals surface area contributed by atoms with Crippen LogP contribution in [0.2, 0.25) is 0 Å². The highest BCUT2D eigenvalue weighted by atomic mass is 16.5. The Morgan fingerprint density at radius 1 is 0.976 bits per heavy atom. The van der Waals surface area contributed by atoms with Crippen molar-refractivity contribution in [2.45, 2.75) is 52.0 Å². The van der Waals surface area contributed by atoms with Crippen molar-refractivity contribution in [3.8, 4) is 17.2 Å². The fourth-order valence-corrected chi connectivity index (χ4v) is 4.34. The summed E-state index contributed by atoms with van der Waals surface area (Å²) in [4.78, 5) is 29.1. The Hall–Kier alpha value is -4.64. The van der Waals surface area contributed by atoms with Crippen LogP contribution in [0.5, 0.6) is 17.2 Å². The van der Waals surface area contributed by atoms with Gasteiger partial charge in [0.15, 0.2) is 0 Å². The van der Waals surface area contributed by atoms with Crippen LogP contribution in [-0.2, 0) is 14.9 Å². The number of methoxy groups -OCH3 is 1. The molecule has 220 valence electrons. The summed E-state index contributed by atoms with van der Waals surface area (Å²) in [5, 5.41) is 14.1. The van der Waals surface area contributed by atoms with Gasteiger partial charge in [-0.25, -0.2) is 9.48 Å². The van der Waals surface area contributed by atoms with E-state index in [1.165, 1.54) is 6.92 Å². The highest BCUT2D eigenvalue weighted by Gasteiger charge is 2.30. The zero-order valence-electron chi connectivity index (χ0n) is 24.5. The van der Waals surface area contributed by atoms with Gasteiger partial charge in [-0.05, 0) is 49.2 Å².